The van der Waals surface area contributed by atoms with E-state index in [2.05, 4.69) is 0 Å². The van der Waals surface area contributed by atoms with Gasteiger partial charge in [-0.15, -0.1) is 0 Å². The van der Waals surface area contributed by atoms with E-state index in [0.29, 0.717) is 30.7 Å². The van der Waals surface area contributed by atoms with Crippen LogP contribution in [0.25, 0.3) is 0 Å². The summed E-state index contributed by atoms with van der Waals surface area (Å²) in [5.74, 6) is 1.31. The van der Waals surface area contributed by atoms with Crippen molar-refractivity contribution in [1.82, 2.24) is 0 Å². The summed E-state index contributed by atoms with van der Waals surface area (Å²) in [4.78, 5) is 10.6. The van der Waals surface area contributed by atoms with Gasteiger partial charge in [-0.25, -0.2) is 0 Å². The molecule has 2 unspecified atom stereocenters. The zero-order valence-electron chi connectivity index (χ0n) is 11.2. The fourth-order valence-electron chi connectivity index (χ4n) is 2.80. The zero-order chi connectivity index (χ0) is 13.8. The Bertz CT molecular complexity index is 462. The van der Waals surface area contributed by atoms with Crippen LogP contribution in [0, 0.1) is 28.9 Å². The van der Waals surface area contributed by atoms with Crippen molar-refractivity contribution in [1.29, 1.82) is 0 Å². The fourth-order valence-corrected chi connectivity index (χ4v) is 2.80. The lowest BCUT2D eigenvalue weighted by atomic mass is 9.97. The zero-order valence-corrected chi connectivity index (χ0v) is 11.2. The van der Waals surface area contributed by atoms with E-state index in [-0.39, 0.29) is 5.69 Å². The van der Waals surface area contributed by atoms with Crippen LogP contribution in [-0.2, 0) is 0 Å². The average molecular weight is 264 g/mol. The summed E-state index contributed by atoms with van der Waals surface area (Å²) in [5, 5.41) is 11.0. The second-order valence-electron chi connectivity index (χ2n) is 5.18. The van der Waals surface area contributed by atoms with E-state index in [1.807, 2.05) is 13.0 Å². The lowest BCUT2D eigenvalue weighted by molar-refractivity contribution is -0.386. The monoisotopic (exact) mass is 264 g/mol. The first-order valence-electron chi connectivity index (χ1n) is 6.70. The Morgan fingerprint density at radius 3 is 2.84 bits per heavy atom. The minimum Gasteiger partial charge on any atom is -0.486 e. The van der Waals surface area contributed by atoms with Gasteiger partial charge in [0, 0.05) is 6.07 Å². The Morgan fingerprint density at radius 2 is 2.16 bits per heavy atom. The molecule has 1 aromatic carbocycles. The highest BCUT2D eigenvalue weighted by molar-refractivity contribution is 5.51. The van der Waals surface area contributed by atoms with Crippen LogP contribution in [0.3, 0.4) is 0 Å². The maximum atomic E-state index is 11.0. The first kappa shape index (κ1) is 13.8. The van der Waals surface area contributed by atoms with E-state index in [1.54, 1.807) is 6.07 Å². The van der Waals surface area contributed by atoms with E-state index in [0.717, 1.165) is 18.4 Å². The Kier molecular flexibility index (Phi) is 4.37. The molecule has 1 aliphatic rings. The lowest BCUT2D eigenvalue weighted by Crippen LogP contribution is -2.23. The number of nitro benzene ring substituents is 1. The molecule has 1 aliphatic carbocycles. The Labute approximate surface area is 112 Å². The van der Waals surface area contributed by atoms with E-state index >= 15 is 0 Å². The highest BCUT2D eigenvalue weighted by Gasteiger charge is 2.27. The van der Waals surface area contributed by atoms with Crippen molar-refractivity contribution >= 4 is 5.69 Å². The average Bonchev–Trinajstić information content (AvgIpc) is 2.84. The molecule has 1 fully saturated rings. The van der Waals surface area contributed by atoms with Crippen LogP contribution < -0.4 is 10.5 Å². The largest absolute Gasteiger partial charge is 0.486 e. The van der Waals surface area contributed by atoms with Crippen LogP contribution >= 0.6 is 0 Å². The third kappa shape index (κ3) is 3.04. The summed E-state index contributed by atoms with van der Waals surface area (Å²) in [5.41, 5.74) is 6.58. The number of hydrogen-bond donors (Lipinski definition) is 1. The van der Waals surface area contributed by atoms with Gasteiger partial charge in [-0.2, -0.15) is 0 Å². The van der Waals surface area contributed by atoms with Crippen molar-refractivity contribution in [3.63, 3.8) is 0 Å². The molecule has 0 aliphatic heterocycles. The molecule has 0 radical (unpaired) electrons. The highest BCUT2D eigenvalue weighted by atomic mass is 16.6. The first-order valence-corrected chi connectivity index (χ1v) is 6.70. The molecule has 0 spiro atoms. The number of nitro groups is 1. The van der Waals surface area contributed by atoms with Crippen molar-refractivity contribution in [2.24, 2.45) is 17.6 Å². The van der Waals surface area contributed by atoms with Crippen molar-refractivity contribution in [3.8, 4) is 5.75 Å². The maximum Gasteiger partial charge on any atom is 0.311 e. The van der Waals surface area contributed by atoms with Gasteiger partial charge < -0.3 is 10.5 Å². The molecule has 0 amide bonds. The van der Waals surface area contributed by atoms with Gasteiger partial charge in [0.15, 0.2) is 5.75 Å². The molecule has 2 rings (SSSR count). The minimum absolute atomic E-state index is 0.0438. The molecule has 1 saturated carbocycles. The van der Waals surface area contributed by atoms with Crippen LogP contribution in [0.2, 0.25) is 0 Å². The van der Waals surface area contributed by atoms with Gasteiger partial charge in [0.25, 0.3) is 0 Å². The number of hydrogen-bond acceptors (Lipinski definition) is 4. The van der Waals surface area contributed by atoms with E-state index in [9.17, 15) is 10.1 Å². The molecule has 0 saturated heterocycles. The minimum atomic E-state index is -0.391. The molecule has 0 heterocycles. The maximum absolute atomic E-state index is 11.0. The van der Waals surface area contributed by atoms with Crippen molar-refractivity contribution < 1.29 is 9.66 Å². The molecule has 0 aromatic heterocycles. The summed E-state index contributed by atoms with van der Waals surface area (Å²) in [7, 11) is 0. The number of ether oxygens (including phenoxy) is 1. The second-order valence-corrected chi connectivity index (χ2v) is 5.18. The predicted molar refractivity (Wildman–Crippen MR) is 73.2 cm³/mol. The summed E-state index contributed by atoms with van der Waals surface area (Å²) in [6, 6.07) is 4.99. The van der Waals surface area contributed by atoms with Gasteiger partial charge in [-0.05, 0) is 43.7 Å². The van der Waals surface area contributed by atoms with Crippen LogP contribution in [0.5, 0.6) is 5.75 Å². The van der Waals surface area contributed by atoms with Gasteiger partial charge in [-0.1, -0.05) is 18.6 Å². The van der Waals surface area contributed by atoms with E-state index < -0.39 is 4.92 Å². The van der Waals surface area contributed by atoms with Crippen molar-refractivity contribution in [3.05, 3.63) is 33.9 Å². The third-order valence-electron chi connectivity index (χ3n) is 3.95. The Morgan fingerprint density at radius 1 is 1.42 bits per heavy atom. The lowest BCUT2D eigenvalue weighted by Gasteiger charge is -2.19. The molecule has 5 nitrogen and oxygen atoms in total. The predicted octanol–water partition coefficient (Wildman–Crippen LogP) is 2.66. The fraction of sp³-hybridized carbons (Fsp3) is 0.571. The number of benzene rings is 1. The van der Waals surface area contributed by atoms with Crippen molar-refractivity contribution in [2.45, 2.75) is 26.2 Å². The van der Waals surface area contributed by atoms with Crippen LogP contribution in [0.1, 0.15) is 24.8 Å². The van der Waals surface area contributed by atoms with Gasteiger partial charge >= 0.3 is 5.69 Å². The third-order valence-corrected chi connectivity index (χ3v) is 3.95. The molecule has 2 N–H and O–H groups in total. The number of nitrogens with zero attached hydrogens (tertiary/aromatic N) is 1. The van der Waals surface area contributed by atoms with Crippen molar-refractivity contribution in [2.75, 3.05) is 13.2 Å². The topological polar surface area (TPSA) is 78.4 Å². The smallest absolute Gasteiger partial charge is 0.311 e. The normalized spacial score (nSPS) is 22.4. The molecule has 19 heavy (non-hydrogen) atoms. The van der Waals surface area contributed by atoms with Crippen LogP contribution in [-0.4, -0.2) is 18.1 Å². The first-order chi connectivity index (χ1) is 9.13. The number of para-hydroxylation sites is 1. The molecular formula is C14H20N2O3. The second kappa shape index (κ2) is 6.02. The van der Waals surface area contributed by atoms with E-state index in [1.165, 1.54) is 12.5 Å². The van der Waals surface area contributed by atoms with Crippen LogP contribution in [0.4, 0.5) is 5.69 Å². The molecule has 104 valence electrons. The quantitative estimate of drug-likeness (QED) is 0.655. The van der Waals surface area contributed by atoms with Gasteiger partial charge in [0.05, 0.1) is 11.5 Å². The number of nitrogens with two attached hydrogens (primary N) is 1. The molecular weight excluding hydrogens is 244 g/mol. The van der Waals surface area contributed by atoms with E-state index in [4.69, 9.17) is 10.5 Å². The van der Waals surface area contributed by atoms with Gasteiger partial charge in [-0.3, -0.25) is 10.1 Å². The number of aryl methyl sites for hydroxylation is 1. The molecule has 2 atom stereocenters. The summed E-state index contributed by atoms with van der Waals surface area (Å²) < 4.78 is 5.75. The molecule has 0 bridgehead atoms. The highest BCUT2D eigenvalue weighted by Crippen LogP contribution is 2.34. The number of rotatable bonds is 5. The SMILES string of the molecule is Cc1cccc([N+](=O)[O-])c1OCC1CCCC1CN. The van der Waals surface area contributed by atoms with Gasteiger partial charge in [0.1, 0.15) is 0 Å². The van der Waals surface area contributed by atoms with Gasteiger partial charge in [0.2, 0.25) is 0 Å². The molecule has 1 aromatic rings. The Hall–Kier alpha value is -1.62. The standard InChI is InChI=1S/C14H20N2O3/c1-10-4-2-7-13(16(17)18)14(10)19-9-12-6-3-5-11(12)8-15/h2,4,7,11-12H,3,5-6,8-9,15H2,1H3. The Balaban J connectivity index is 2.09. The molecule has 5 heteroatoms. The summed E-state index contributed by atoms with van der Waals surface area (Å²) in [6.45, 7) is 3.02. The van der Waals surface area contributed by atoms with Crippen LogP contribution in [0.15, 0.2) is 18.2 Å². The summed E-state index contributed by atoms with van der Waals surface area (Å²) in [6.07, 6.45) is 3.41. The summed E-state index contributed by atoms with van der Waals surface area (Å²) >= 11 is 0.